The fourth-order valence-corrected chi connectivity index (χ4v) is 3.64. The quantitative estimate of drug-likeness (QED) is 0.469. The highest BCUT2D eigenvalue weighted by atomic mass is 32.2. The first-order valence-electron chi connectivity index (χ1n) is 9.35. The highest BCUT2D eigenvalue weighted by Crippen LogP contribution is 2.39. The van der Waals surface area contributed by atoms with Crippen molar-refractivity contribution in [3.05, 3.63) is 53.1 Å². The molecule has 8 heteroatoms. The number of rotatable bonds is 9. The largest absolute Gasteiger partial charge is 0.495 e. The molecule has 0 saturated heterocycles. The van der Waals surface area contributed by atoms with Gasteiger partial charge in [0.05, 0.1) is 42.4 Å². The summed E-state index contributed by atoms with van der Waals surface area (Å²) in [4.78, 5) is 25.7. The van der Waals surface area contributed by atoms with E-state index < -0.39 is 18.0 Å². The maximum Gasteiger partial charge on any atom is 0.339 e. The first kappa shape index (κ1) is 23.1. The summed E-state index contributed by atoms with van der Waals surface area (Å²) < 4.78 is 16.0. The van der Waals surface area contributed by atoms with Crippen LogP contribution in [0, 0.1) is 11.3 Å². The maximum absolute atomic E-state index is 12.8. The molecular formula is C22H24N2O5S. The molecule has 158 valence electrons. The summed E-state index contributed by atoms with van der Waals surface area (Å²) in [6, 6.07) is 11.2. The number of anilines is 1. The second-order valence-electron chi connectivity index (χ2n) is 6.01. The highest BCUT2D eigenvalue weighted by molar-refractivity contribution is 7.98. The van der Waals surface area contributed by atoms with Gasteiger partial charge < -0.3 is 19.5 Å². The van der Waals surface area contributed by atoms with E-state index in [2.05, 4.69) is 11.4 Å². The molecule has 0 radical (unpaired) electrons. The van der Waals surface area contributed by atoms with Gasteiger partial charge in [0, 0.05) is 11.3 Å². The van der Waals surface area contributed by atoms with Gasteiger partial charge in [-0.3, -0.25) is 0 Å². The third kappa shape index (κ3) is 5.24. The zero-order valence-corrected chi connectivity index (χ0v) is 18.2. The van der Waals surface area contributed by atoms with Gasteiger partial charge in [-0.15, -0.1) is 11.8 Å². The predicted molar refractivity (Wildman–Crippen MR) is 115 cm³/mol. The van der Waals surface area contributed by atoms with E-state index in [0.29, 0.717) is 33.0 Å². The van der Waals surface area contributed by atoms with Crippen LogP contribution in [0.3, 0.4) is 0 Å². The Morgan fingerprint density at radius 1 is 1.10 bits per heavy atom. The number of carbonyl (C=O) groups excluding carboxylic acids is 2. The van der Waals surface area contributed by atoms with E-state index >= 15 is 0 Å². The lowest BCUT2D eigenvalue weighted by Crippen LogP contribution is -2.24. The first-order valence-corrected chi connectivity index (χ1v) is 10.6. The summed E-state index contributed by atoms with van der Waals surface area (Å²) in [6.07, 6.45) is 1.82. The van der Waals surface area contributed by atoms with Gasteiger partial charge in [-0.2, -0.15) is 5.26 Å². The minimum atomic E-state index is -0.880. The molecule has 7 nitrogen and oxygen atoms in total. The van der Waals surface area contributed by atoms with Gasteiger partial charge in [0.1, 0.15) is 5.75 Å². The smallest absolute Gasteiger partial charge is 0.339 e. The molecule has 0 heterocycles. The molecule has 0 saturated carbocycles. The molecule has 2 aromatic rings. The Balaban J connectivity index is 2.54. The SMILES string of the molecule is CCOC(=O)c1ccc(C(Nc2ccc(C#N)cc2)C(=O)OCC)c(OC)c1SC. The number of hydrogen-bond acceptors (Lipinski definition) is 8. The van der Waals surface area contributed by atoms with Crippen LogP contribution in [0.2, 0.25) is 0 Å². The second-order valence-corrected chi connectivity index (χ2v) is 6.82. The topological polar surface area (TPSA) is 97.7 Å². The Bertz CT molecular complexity index is 938. The molecule has 0 aliphatic carbocycles. The van der Waals surface area contributed by atoms with Crippen molar-refractivity contribution >= 4 is 29.4 Å². The minimum Gasteiger partial charge on any atom is -0.495 e. The van der Waals surface area contributed by atoms with Crippen LogP contribution in [0.1, 0.15) is 41.4 Å². The Hall–Kier alpha value is -3.18. The molecule has 0 amide bonds. The summed E-state index contributed by atoms with van der Waals surface area (Å²) in [7, 11) is 1.48. The molecule has 2 rings (SSSR count). The number of thioether (sulfide) groups is 1. The van der Waals surface area contributed by atoms with E-state index in [9.17, 15) is 9.59 Å². The summed E-state index contributed by atoms with van der Waals surface area (Å²) in [5, 5.41) is 12.1. The van der Waals surface area contributed by atoms with Crippen LogP contribution in [-0.4, -0.2) is 38.5 Å². The van der Waals surface area contributed by atoms with Gasteiger partial charge in [0.25, 0.3) is 0 Å². The molecule has 0 spiro atoms. The standard InChI is InChI=1S/C22H24N2O5S/c1-5-28-21(25)17-12-11-16(19(27-3)20(17)30-4)18(22(26)29-6-2)24-15-9-7-14(13-23)8-10-15/h7-12,18,24H,5-6H2,1-4H3. The first-order chi connectivity index (χ1) is 14.5. The third-order valence-electron chi connectivity index (χ3n) is 4.20. The normalized spacial score (nSPS) is 11.2. The number of carbonyl (C=O) groups is 2. The van der Waals surface area contributed by atoms with E-state index in [0.717, 1.165) is 0 Å². The zero-order valence-electron chi connectivity index (χ0n) is 17.4. The van der Waals surface area contributed by atoms with Gasteiger partial charge in [0.2, 0.25) is 0 Å². The molecular weight excluding hydrogens is 404 g/mol. The molecule has 1 atom stereocenters. The van der Waals surface area contributed by atoms with Gasteiger partial charge in [-0.1, -0.05) is 6.07 Å². The number of ether oxygens (including phenoxy) is 3. The van der Waals surface area contributed by atoms with Crippen LogP contribution in [0.25, 0.3) is 0 Å². The van der Waals surface area contributed by atoms with Crippen molar-refractivity contribution in [2.24, 2.45) is 0 Å². The molecule has 2 aromatic carbocycles. The molecule has 0 aliphatic rings. The lowest BCUT2D eigenvalue weighted by molar-refractivity contribution is -0.144. The van der Waals surface area contributed by atoms with Gasteiger partial charge in [-0.05, 0) is 50.4 Å². The Morgan fingerprint density at radius 3 is 2.30 bits per heavy atom. The Kier molecular flexibility index (Phi) is 8.56. The molecule has 0 aliphatic heterocycles. The van der Waals surface area contributed by atoms with Crippen LogP contribution in [0.15, 0.2) is 41.3 Å². The molecule has 0 fully saturated rings. The predicted octanol–water partition coefficient (Wildman–Crippen LogP) is 4.18. The van der Waals surface area contributed by atoms with Crippen molar-refractivity contribution in [3.63, 3.8) is 0 Å². The third-order valence-corrected chi connectivity index (χ3v) is 5.02. The van der Waals surface area contributed by atoms with E-state index in [1.54, 1.807) is 50.2 Å². The number of esters is 2. The van der Waals surface area contributed by atoms with Crippen LogP contribution >= 0.6 is 11.8 Å². The van der Waals surface area contributed by atoms with Gasteiger partial charge >= 0.3 is 11.9 Å². The molecule has 1 unspecified atom stereocenters. The van der Waals surface area contributed by atoms with Crippen molar-refractivity contribution in [3.8, 4) is 11.8 Å². The van der Waals surface area contributed by atoms with E-state index in [-0.39, 0.29) is 13.2 Å². The van der Waals surface area contributed by atoms with E-state index in [1.165, 1.54) is 18.9 Å². The summed E-state index contributed by atoms with van der Waals surface area (Å²) in [5.41, 5.74) is 2.03. The van der Waals surface area contributed by atoms with Crippen molar-refractivity contribution in [1.82, 2.24) is 0 Å². The van der Waals surface area contributed by atoms with Crippen LogP contribution in [0.5, 0.6) is 5.75 Å². The average molecular weight is 429 g/mol. The number of nitrogens with zero attached hydrogens (tertiary/aromatic N) is 1. The van der Waals surface area contributed by atoms with Gasteiger partial charge in [-0.25, -0.2) is 9.59 Å². The summed E-state index contributed by atoms with van der Waals surface area (Å²) in [5.74, 6) is -0.553. The lowest BCUT2D eigenvalue weighted by Gasteiger charge is -2.23. The van der Waals surface area contributed by atoms with Crippen molar-refractivity contribution in [1.29, 1.82) is 5.26 Å². The fourth-order valence-electron chi connectivity index (χ4n) is 2.88. The van der Waals surface area contributed by atoms with E-state index in [1.807, 2.05) is 6.26 Å². The fraction of sp³-hybridized carbons (Fsp3) is 0.318. The van der Waals surface area contributed by atoms with Crippen molar-refractivity contribution in [2.45, 2.75) is 24.8 Å². The van der Waals surface area contributed by atoms with Crippen LogP contribution < -0.4 is 10.1 Å². The monoisotopic (exact) mass is 428 g/mol. The van der Waals surface area contributed by atoms with Crippen LogP contribution in [0.4, 0.5) is 5.69 Å². The molecule has 1 N–H and O–H groups in total. The average Bonchev–Trinajstić information content (AvgIpc) is 2.77. The number of nitriles is 1. The lowest BCUT2D eigenvalue weighted by atomic mass is 10.0. The van der Waals surface area contributed by atoms with Gasteiger partial charge in [0.15, 0.2) is 6.04 Å². The van der Waals surface area contributed by atoms with Crippen molar-refractivity contribution < 1.29 is 23.8 Å². The second kappa shape index (κ2) is 11.1. The Labute approximate surface area is 180 Å². The summed E-state index contributed by atoms with van der Waals surface area (Å²) >= 11 is 1.33. The maximum atomic E-state index is 12.8. The number of nitrogens with one attached hydrogen (secondary N) is 1. The Morgan fingerprint density at radius 2 is 1.77 bits per heavy atom. The molecule has 0 bridgehead atoms. The highest BCUT2D eigenvalue weighted by Gasteiger charge is 2.29. The number of benzene rings is 2. The number of hydrogen-bond donors (Lipinski definition) is 1. The van der Waals surface area contributed by atoms with E-state index in [4.69, 9.17) is 19.5 Å². The van der Waals surface area contributed by atoms with Crippen molar-refractivity contribution in [2.75, 3.05) is 31.9 Å². The zero-order chi connectivity index (χ0) is 22.1. The minimum absolute atomic E-state index is 0.211. The molecule has 30 heavy (non-hydrogen) atoms. The molecule has 0 aromatic heterocycles. The number of methoxy groups -OCH3 is 1. The van der Waals surface area contributed by atoms with Crippen LogP contribution in [-0.2, 0) is 14.3 Å². The summed E-state index contributed by atoms with van der Waals surface area (Å²) in [6.45, 7) is 3.93.